The Kier molecular flexibility index (Phi) is 5.08. The number of rotatable bonds is 6. The molecule has 0 aliphatic heterocycles. The lowest BCUT2D eigenvalue weighted by Crippen LogP contribution is -2.22. The van der Waals surface area contributed by atoms with Gasteiger partial charge in [-0.25, -0.2) is 0 Å². The summed E-state index contributed by atoms with van der Waals surface area (Å²) in [6.07, 6.45) is -0.369. The zero-order chi connectivity index (χ0) is 12.0. The number of ether oxygens (including phenoxy) is 4. The first-order chi connectivity index (χ1) is 7.71. The van der Waals surface area contributed by atoms with Gasteiger partial charge in [0.1, 0.15) is 6.61 Å². The highest BCUT2D eigenvalue weighted by atomic mass is 16.7. The summed E-state index contributed by atoms with van der Waals surface area (Å²) in [5.41, 5.74) is 1.12. The molecule has 0 saturated heterocycles. The van der Waals surface area contributed by atoms with Crippen molar-refractivity contribution in [3.8, 4) is 11.5 Å². The van der Waals surface area contributed by atoms with E-state index in [4.69, 9.17) is 18.9 Å². The fourth-order valence-corrected chi connectivity index (χ4v) is 1.28. The molecule has 90 valence electrons. The quantitative estimate of drug-likeness (QED) is 0.695. The van der Waals surface area contributed by atoms with Gasteiger partial charge >= 0.3 is 0 Å². The summed E-state index contributed by atoms with van der Waals surface area (Å²) in [5.74, 6) is 1.40. The summed E-state index contributed by atoms with van der Waals surface area (Å²) in [4.78, 5) is 0. The first-order valence-corrected chi connectivity index (χ1v) is 5.04. The highest BCUT2D eigenvalue weighted by molar-refractivity contribution is 5.42. The number of methoxy groups -OCH3 is 3. The van der Waals surface area contributed by atoms with Crippen LogP contribution in [-0.2, 0) is 9.47 Å². The van der Waals surface area contributed by atoms with Gasteiger partial charge in [-0.2, -0.15) is 0 Å². The summed E-state index contributed by atoms with van der Waals surface area (Å²) >= 11 is 0. The van der Waals surface area contributed by atoms with E-state index in [9.17, 15) is 0 Å². The number of benzene rings is 1. The lowest BCUT2D eigenvalue weighted by atomic mass is 10.2. The molecule has 0 bridgehead atoms. The van der Waals surface area contributed by atoms with Crippen LogP contribution in [0.3, 0.4) is 0 Å². The summed E-state index contributed by atoms with van der Waals surface area (Å²) < 4.78 is 20.8. The largest absolute Gasteiger partial charge is 0.493 e. The molecular formula is C12H18O4. The maximum atomic E-state index is 5.55. The Hall–Kier alpha value is -1.26. The molecule has 0 unspecified atom stereocenters. The van der Waals surface area contributed by atoms with Crippen molar-refractivity contribution in [2.24, 2.45) is 0 Å². The molecule has 0 N–H and O–H groups in total. The van der Waals surface area contributed by atoms with Gasteiger partial charge < -0.3 is 18.9 Å². The average Bonchev–Trinajstić information content (AvgIpc) is 2.31. The monoisotopic (exact) mass is 226 g/mol. The summed E-state index contributed by atoms with van der Waals surface area (Å²) in [5, 5.41) is 0. The molecule has 0 aliphatic rings. The Labute approximate surface area is 96.1 Å². The maximum Gasteiger partial charge on any atom is 0.191 e. The molecule has 0 atom stereocenters. The van der Waals surface area contributed by atoms with E-state index in [1.165, 1.54) is 0 Å². The standard InChI is InChI=1S/C12H18O4/c1-9-5-6-10(11(7-9)13-2)16-8-12(14-3)15-4/h5-7,12H,8H2,1-4H3. The Morgan fingerprint density at radius 3 is 2.31 bits per heavy atom. The van der Waals surface area contributed by atoms with E-state index >= 15 is 0 Å². The predicted molar refractivity (Wildman–Crippen MR) is 61.0 cm³/mol. The zero-order valence-corrected chi connectivity index (χ0v) is 10.1. The van der Waals surface area contributed by atoms with E-state index in [1.807, 2.05) is 25.1 Å². The van der Waals surface area contributed by atoms with Crippen LogP contribution in [0.15, 0.2) is 18.2 Å². The molecular weight excluding hydrogens is 208 g/mol. The second-order valence-corrected chi connectivity index (χ2v) is 3.37. The lowest BCUT2D eigenvalue weighted by molar-refractivity contribution is -0.122. The smallest absolute Gasteiger partial charge is 0.191 e. The zero-order valence-electron chi connectivity index (χ0n) is 10.1. The van der Waals surface area contributed by atoms with Crippen LogP contribution >= 0.6 is 0 Å². The van der Waals surface area contributed by atoms with Crippen LogP contribution in [0, 0.1) is 6.92 Å². The Morgan fingerprint density at radius 1 is 1.06 bits per heavy atom. The number of aryl methyl sites for hydroxylation is 1. The fourth-order valence-electron chi connectivity index (χ4n) is 1.28. The van der Waals surface area contributed by atoms with Gasteiger partial charge in [0.05, 0.1) is 7.11 Å². The first-order valence-electron chi connectivity index (χ1n) is 5.04. The van der Waals surface area contributed by atoms with Gasteiger partial charge in [0.15, 0.2) is 17.8 Å². The van der Waals surface area contributed by atoms with Gasteiger partial charge in [0.2, 0.25) is 0 Å². The molecule has 0 aromatic heterocycles. The molecule has 0 radical (unpaired) electrons. The van der Waals surface area contributed by atoms with Crippen LogP contribution < -0.4 is 9.47 Å². The summed E-state index contributed by atoms with van der Waals surface area (Å²) in [6, 6.07) is 5.76. The third-order valence-corrected chi connectivity index (χ3v) is 2.22. The molecule has 0 amide bonds. The van der Waals surface area contributed by atoms with Crippen molar-refractivity contribution in [3.63, 3.8) is 0 Å². The van der Waals surface area contributed by atoms with Gasteiger partial charge in [-0.3, -0.25) is 0 Å². The molecule has 0 spiro atoms. The SMILES string of the molecule is COc1cc(C)ccc1OCC(OC)OC. The Balaban J connectivity index is 2.65. The Morgan fingerprint density at radius 2 is 1.75 bits per heavy atom. The van der Waals surface area contributed by atoms with E-state index in [0.29, 0.717) is 18.1 Å². The highest BCUT2D eigenvalue weighted by Crippen LogP contribution is 2.27. The topological polar surface area (TPSA) is 36.9 Å². The van der Waals surface area contributed by atoms with Gasteiger partial charge in [-0.1, -0.05) is 6.07 Å². The molecule has 1 aromatic carbocycles. The number of hydrogen-bond donors (Lipinski definition) is 0. The van der Waals surface area contributed by atoms with E-state index in [-0.39, 0.29) is 6.29 Å². The minimum absolute atomic E-state index is 0.326. The second-order valence-electron chi connectivity index (χ2n) is 3.37. The molecule has 16 heavy (non-hydrogen) atoms. The van der Waals surface area contributed by atoms with Crippen molar-refractivity contribution in [3.05, 3.63) is 23.8 Å². The van der Waals surface area contributed by atoms with Crippen LogP contribution in [-0.4, -0.2) is 34.2 Å². The van der Waals surface area contributed by atoms with E-state index in [1.54, 1.807) is 21.3 Å². The summed E-state index contributed by atoms with van der Waals surface area (Å²) in [6.45, 7) is 2.33. The van der Waals surface area contributed by atoms with Crippen LogP contribution in [0.25, 0.3) is 0 Å². The molecule has 0 fully saturated rings. The summed E-state index contributed by atoms with van der Waals surface area (Å²) in [7, 11) is 4.76. The van der Waals surface area contributed by atoms with Gasteiger partial charge in [0, 0.05) is 14.2 Å². The van der Waals surface area contributed by atoms with E-state index < -0.39 is 0 Å². The molecule has 1 aromatic rings. The molecule has 0 aliphatic carbocycles. The molecule has 4 nitrogen and oxygen atoms in total. The third-order valence-electron chi connectivity index (χ3n) is 2.22. The predicted octanol–water partition coefficient (Wildman–Crippen LogP) is 2.00. The minimum Gasteiger partial charge on any atom is -0.493 e. The second kappa shape index (κ2) is 6.35. The molecule has 0 saturated carbocycles. The van der Waals surface area contributed by atoms with Crippen molar-refractivity contribution in [2.45, 2.75) is 13.2 Å². The van der Waals surface area contributed by atoms with Crippen molar-refractivity contribution >= 4 is 0 Å². The van der Waals surface area contributed by atoms with E-state index in [0.717, 1.165) is 5.56 Å². The van der Waals surface area contributed by atoms with Crippen LogP contribution in [0.5, 0.6) is 11.5 Å². The first kappa shape index (κ1) is 12.8. The van der Waals surface area contributed by atoms with Crippen LogP contribution in [0.1, 0.15) is 5.56 Å². The molecule has 4 heteroatoms. The van der Waals surface area contributed by atoms with Crippen molar-refractivity contribution in [1.82, 2.24) is 0 Å². The molecule has 0 heterocycles. The minimum atomic E-state index is -0.369. The Bertz CT molecular complexity index is 321. The van der Waals surface area contributed by atoms with Crippen LogP contribution in [0.4, 0.5) is 0 Å². The average molecular weight is 226 g/mol. The van der Waals surface area contributed by atoms with Gasteiger partial charge in [-0.15, -0.1) is 0 Å². The van der Waals surface area contributed by atoms with Gasteiger partial charge in [-0.05, 0) is 24.6 Å². The van der Waals surface area contributed by atoms with Crippen molar-refractivity contribution in [2.75, 3.05) is 27.9 Å². The lowest BCUT2D eigenvalue weighted by Gasteiger charge is -2.16. The van der Waals surface area contributed by atoms with Crippen molar-refractivity contribution < 1.29 is 18.9 Å². The normalized spacial score (nSPS) is 10.6. The molecule has 1 rings (SSSR count). The van der Waals surface area contributed by atoms with Crippen LogP contribution in [0.2, 0.25) is 0 Å². The highest BCUT2D eigenvalue weighted by Gasteiger charge is 2.09. The third kappa shape index (κ3) is 3.40. The fraction of sp³-hybridized carbons (Fsp3) is 0.500. The maximum absolute atomic E-state index is 5.55. The van der Waals surface area contributed by atoms with Gasteiger partial charge in [0.25, 0.3) is 0 Å². The van der Waals surface area contributed by atoms with E-state index in [2.05, 4.69) is 0 Å². The number of hydrogen-bond acceptors (Lipinski definition) is 4. The van der Waals surface area contributed by atoms with Crippen molar-refractivity contribution in [1.29, 1.82) is 0 Å².